The molecule has 0 saturated carbocycles. The van der Waals surface area contributed by atoms with Gasteiger partial charge in [-0.15, -0.1) is 0 Å². The maximum absolute atomic E-state index is 11.0. The van der Waals surface area contributed by atoms with Gasteiger partial charge in [0, 0.05) is 12.0 Å². The molecule has 0 aliphatic rings. The molecular weight excluding hydrogens is 695 g/mol. The molecule has 0 N–H and O–H groups in total. The Morgan fingerprint density at radius 1 is 0.468 bits per heavy atom. The van der Waals surface area contributed by atoms with Crippen LogP contribution in [-0.2, 0) is 19.1 Å². The van der Waals surface area contributed by atoms with Crippen molar-refractivity contribution in [3.63, 3.8) is 0 Å². The summed E-state index contributed by atoms with van der Waals surface area (Å²) < 4.78 is 8.07. The molecule has 0 atom stereocenters. The summed E-state index contributed by atoms with van der Waals surface area (Å²) in [4.78, 5) is 31.2. The molecule has 0 aliphatic carbocycles. The van der Waals surface area contributed by atoms with Gasteiger partial charge in [-0.25, -0.2) is 4.79 Å². The minimum atomic E-state index is -1.39. The van der Waals surface area contributed by atoms with Crippen LogP contribution in [0.3, 0.4) is 0 Å². The normalized spacial score (nSPS) is 10.5. The van der Waals surface area contributed by atoms with Crippen molar-refractivity contribution < 1.29 is 29.3 Å². The van der Waals surface area contributed by atoms with Gasteiger partial charge in [0.05, 0.1) is 12.6 Å². The van der Waals surface area contributed by atoms with E-state index in [0.29, 0.717) is 12.7 Å². The van der Waals surface area contributed by atoms with E-state index in [1.807, 2.05) is 0 Å². The number of aliphatic carboxylic acids is 2. The quantitative estimate of drug-likeness (QED) is 0.0285. The summed E-state index contributed by atoms with van der Waals surface area (Å²) in [5, 5.41) is 20.2. The fraction of sp³-hybridized carbons (Fsp3) is 0.875. The Balaban J connectivity index is -0.000000660. The van der Waals surface area contributed by atoms with Crippen LogP contribution in [0.25, 0.3) is 0 Å². The van der Waals surface area contributed by atoms with Gasteiger partial charge in [-0.2, -0.15) is 0 Å². The SMILES string of the molecule is CCCCCCCCCCCCCCCCCC(=O)[O-].CCCCCCCCCCOC(=O)C=CC(=O)[O-].CCC[CH2][Sn+2][CH2]CCC. The Morgan fingerprint density at radius 3 is 1.15 bits per heavy atom. The third-order valence-electron chi connectivity index (χ3n) is 8.00. The minimum absolute atomic E-state index is 0.149. The van der Waals surface area contributed by atoms with Crippen LogP contribution in [0, 0.1) is 0 Å². The third-order valence-corrected chi connectivity index (χ3v) is 12.0. The van der Waals surface area contributed by atoms with Crippen LogP contribution in [0.5, 0.6) is 0 Å². The molecule has 0 rings (SSSR count). The van der Waals surface area contributed by atoms with Crippen molar-refractivity contribution in [2.45, 2.75) is 216 Å². The second-order valence-electron chi connectivity index (χ2n) is 12.8. The van der Waals surface area contributed by atoms with E-state index in [4.69, 9.17) is 4.74 Å². The van der Waals surface area contributed by atoms with Gasteiger partial charge >= 0.3 is 75.5 Å². The van der Waals surface area contributed by atoms with Crippen LogP contribution in [0.4, 0.5) is 0 Å². The molecule has 47 heavy (non-hydrogen) atoms. The molecule has 0 amide bonds. The Labute approximate surface area is 302 Å². The number of hydrogen-bond donors (Lipinski definition) is 0. The van der Waals surface area contributed by atoms with Crippen molar-refractivity contribution in [3.05, 3.63) is 12.2 Å². The number of carbonyl (C=O) groups excluding carboxylic acids is 3. The van der Waals surface area contributed by atoms with Gasteiger partial charge in [-0.1, -0.05) is 149 Å². The van der Waals surface area contributed by atoms with Crippen molar-refractivity contribution in [2.75, 3.05) is 6.61 Å². The molecule has 7 heteroatoms. The van der Waals surface area contributed by atoms with Crippen LogP contribution < -0.4 is 10.2 Å². The van der Waals surface area contributed by atoms with E-state index in [1.165, 1.54) is 141 Å². The van der Waals surface area contributed by atoms with Gasteiger partial charge in [0.25, 0.3) is 0 Å². The first kappa shape index (κ1) is 50.3. The van der Waals surface area contributed by atoms with Crippen molar-refractivity contribution in [1.82, 2.24) is 0 Å². The summed E-state index contributed by atoms with van der Waals surface area (Å²) in [5.74, 6) is -2.92. The molecule has 0 saturated heterocycles. The molecule has 0 aromatic rings. The molecular formula is C40H76O6Sn. The number of carbonyl (C=O) groups is 3. The fourth-order valence-electron chi connectivity index (χ4n) is 4.96. The Bertz CT molecular complexity index is 661. The molecule has 0 fully saturated rings. The summed E-state index contributed by atoms with van der Waals surface area (Å²) in [6, 6.07) is 0. The Hall–Kier alpha value is -1.05. The predicted octanol–water partition coefficient (Wildman–Crippen LogP) is 10.1. The van der Waals surface area contributed by atoms with E-state index in [0.717, 1.165) is 38.2 Å². The van der Waals surface area contributed by atoms with Crippen LogP contribution in [-0.4, -0.2) is 45.7 Å². The molecule has 0 heterocycles. The summed E-state index contributed by atoms with van der Waals surface area (Å²) in [6.07, 6.45) is 36.7. The standard InChI is InChI=1S/C18H36O2.C14H24O4.2C4H9.Sn/c1-2-3-4-5-6-7-8-9-10-11-12-13-14-15-16-17-18(19)20;1-2-3-4-5-6-7-8-9-12-18-14(17)11-10-13(15)16;2*1-3-4-2;/h2-17H2,1H3,(H,19,20);10-11H,2-9,12H2,1H3,(H,15,16);2*1,3-4H2,2H3;/q;;;;+2/p-2. The first-order valence-electron chi connectivity index (χ1n) is 19.8. The molecule has 0 spiro atoms. The third kappa shape index (κ3) is 57.6. The van der Waals surface area contributed by atoms with Crippen molar-refractivity contribution in [2.24, 2.45) is 0 Å². The summed E-state index contributed by atoms with van der Waals surface area (Å²) in [5.41, 5.74) is 0. The first-order chi connectivity index (χ1) is 22.8. The maximum atomic E-state index is 11.0. The molecule has 0 radical (unpaired) electrons. The zero-order valence-electron chi connectivity index (χ0n) is 31.5. The van der Waals surface area contributed by atoms with Gasteiger partial charge in [0.2, 0.25) is 0 Å². The number of carboxylic acids is 2. The molecule has 6 nitrogen and oxygen atoms in total. The first-order valence-corrected chi connectivity index (χ1v) is 23.8. The summed E-state index contributed by atoms with van der Waals surface area (Å²) in [6.45, 7) is 9.40. The molecule has 276 valence electrons. The zero-order chi connectivity index (χ0) is 35.5. The predicted molar refractivity (Wildman–Crippen MR) is 197 cm³/mol. The van der Waals surface area contributed by atoms with Crippen molar-refractivity contribution >= 4 is 39.1 Å². The van der Waals surface area contributed by atoms with E-state index < -0.39 is 17.9 Å². The van der Waals surface area contributed by atoms with E-state index in [1.54, 1.807) is 8.87 Å². The van der Waals surface area contributed by atoms with Crippen LogP contribution in [0.15, 0.2) is 12.2 Å². The van der Waals surface area contributed by atoms with E-state index >= 15 is 0 Å². The van der Waals surface area contributed by atoms with E-state index in [9.17, 15) is 24.6 Å². The van der Waals surface area contributed by atoms with Gasteiger partial charge in [0.1, 0.15) is 0 Å². The molecule has 0 aromatic heterocycles. The van der Waals surface area contributed by atoms with Gasteiger partial charge in [-0.05, 0) is 25.3 Å². The van der Waals surface area contributed by atoms with Gasteiger partial charge in [0.15, 0.2) is 0 Å². The number of rotatable bonds is 33. The average molecular weight is 772 g/mol. The number of carboxylic acid groups (broad SMARTS) is 2. The summed E-state index contributed by atoms with van der Waals surface area (Å²) in [7, 11) is 0. The monoisotopic (exact) mass is 772 g/mol. The number of unbranched alkanes of at least 4 members (excludes halogenated alkanes) is 23. The van der Waals surface area contributed by atoms with E-state index in [2.05, 4.69) is 27.7 Å². The van der Waals surface area contributed by atoms with Crippen molar-refractivity contribution in [1.29, 1.82) is 0 Å². The Kier molecular flexibility index (Phi) is 50.4. The molecule has 0 aliphatic heterocycles. The molecule has 0 aromatic carbocycles. The molecule has 0 unspecified atom stereocenters. The molecule has 0 bridgehead atoms. The second-order valence-corrected chi connectivity index (χ2v) is 17.1. The topological polar surface area (TPSA) is 107 Å². The zero-order valence-corrected chi connectivity index (χ0v) is 34.4. The van der Waals surface area contributed by atoms with E-state index in [-0.39, 0.29) is 27.6 Å². The van der Waals surface area contributed by atoms with Crippen LogP contribution in [0.1, 0.15) is 207 Å². The Morgan fingerprint density at radius 2 is 0.809 bits per heavy atom. The number of hydrogen-bond acceptors (Lipinski definition) is 6. The van der Waals surface area contributed by atoms with Gasteiger partial charge < -0.3 is 24.5 Å². The van der Waals surface area contributed by atoms with Crippen LogP contribution >= 0.6 is 0 Å². The fourth-order valence-corrected chi connectivity index (χ4v) is 9.12. The number of ether oxygens (including phenoxy) is 1. The number of esters is 1. The van der Waals surface area contributed by atoms with Crippen molar-refractivity contribution in [3.8, 4) is 0 Å². The average Bonchev–Trinajstić information content (AvgIpc) is 3.05. The summed E-state index contributed by atoms with van der Waals surface area (Å²) >= 11 is 0.149. The van der Waals surface area contributed by atoms with Gasteiger partial charge in [-0.3, -0.25) is 0 Å². The van der Waals surface area contributed by atoms with Crippen LogP contribution in [0.2, 0.25) is 8.87 Å². The second kappa shape index (κ2) is 47.1.